The number of methoxy groups -OCH3 is 1. The van der Waals surface area contributed by atoms with Gasteiger partial charge in [-0.05, 0) is 25.7 Å². The highest BCUT2D eigenvalue weighted by Crippen LogP contribution is 2.36. The average molecular weight is 305 g/mol. The van der Waals surface area contributed by atoms with Crippen LogP contribution >= 0.6 is 0 Å². The summed E-state index contributed by atoms with van der Waals surface area (Å²) in [6.07, 6.45) is 4.66. The Labute approximate surface area is 120 Å². The second-order valence-electron chi connectivity index (χ2n) is 5.67. The molecule has 2 rings (SSSR count). The lowest BCUT2D eigenvalue weighted by Crippen LogP contribution is -2.50. The van der Waals surface area contributed by atoms with Crippen LogP contribution in [0.4, 0.5) is 0 Å². The molecule has 1 aliphatic carbocycles. The smallest absolute Gasteiger partial charge is 0.322 e. The molecule has 0 aromatic carbocycles. The second kappa shape index (κ2) is 6.41. The van der Waals surface area contributed by atoms with E-state index < -0.39 is 27.8 Å². The molecule has 0 spiro atoms. The van der Waals surface area contributed by atoms with Gasteiger partial charge in [0.1, 0.15) is 0 Å². The summed E-state index contributed by atoms with van der Waals surface area (Å²) in [5.41, 5.74) is 0. The van der Waals surface area contributed by atoms with Gasteiger partial charge in [0.05, 0.1) is 13.2 Å². The van der Waals surface area contributed by atoms with E-state index in [1.807, 2.05) is 0 Å². The zero-order chi connectivity index (χ0) is 14.8. The van der Waals surface area contributed by atoms with Crippen LogP contribution in [0.5, 0.6) is 0 Å². The van der Waals surface area contributed by atoms with Crippen LogP contribution in [0, 0.1) is 5.92 Å². The van der Waals surface area contributed by atoms with Gasteiger partial charge < -0.3 is 9.84 Å². The second-order valence-corrected chi connectivity index (χ2v) is 7.59. The zero-order valence-corrected chi connectivity index (χ0v) is 12.6. The summed E-state index contributed by atoms with van der Waals surface area (Å²) in [6.45, 7) is 0.438. The number of hydrogen-bond acceptors (Lipinski definition) is 5. The molecule has 3 unspecified atom stereocenters. The molecule has 7 heteroatoms. The molecule has 2 aliphatic rings. The number of piperidine rings is 1. The van der Waals surface area contributed by atoms with Gasteiger partial charge in [0.2, 0.25) is 10.0 Å². The molecule has 20 heavy (non-hydrogen) atoms. The van der Waals surface area contributed by atoms with Gasteiger partial charge in [0, 0.05) is 18.5 Å². The molecule has 1 N–H and O–H groups in total. The first kappa shape index (κ1) is 15.7. The summed E-state index contributed by atoms with van der Waals surface area (Å²) in [7, 11) is -2.47. The number of esters is 1. The molecule has 0 radical (unpaired) electrons. The van der Waals surface area contributed by atoms with Crippen molar-refractivity contribution in [2.75, 3.05) is 19.4 Å². The molecule has 1 saturated heterocycles. The predicted molar refractivity (Wildman–Crippen MR) is 73.5 cm³/mol. The van der Waals surface area contributed by atoms with Crippen molar-refractivity contribution < 1.29 is 23.1 Å². The summed E-state index contributed by atoms with van der Waals surface area (Å²) < 4.78 is 30.6. The van der Waals surface area contributed by atoms with Crippen molar-refractivity contribution in [3.63, 3.8) is 0 Å². The third-order valence-corrected chi connectivity index (χ3v) is 6.18. The number of ether oxygens (including phenoxy) is 1. The van der Waals surface area contributed by atoms with E-state index in [1.54, 1.807) is 0 Å². The maximum Gasteiger partial charge on any atom is 0.322 e. The number of carbonyl (C=O) groups excluding carboxylic acids is 1. The van der Waals surface area contributed by atoms with Crippen molar-refractivity contribution >= 4 is 16.0 Å². The Morgan fingerprint density at radius 2 is 2.00 bits per heavy atom. The van der Waals surface area contributed by atoms with Gasteiger partial charge in [-0.15, -0.1) is 0 Å². The summed E-state index contributed by atoms with van der Waals surface area (Å²) in [4.78, 5) is 11.3. The van der Waals surface area contributed by atoms with Crippen LogP contribution in [0.2, 0.25) is 0 Å². The van der Waals surface area contributed by atoms with Crippen LogP contribution in [-0.2, 0) is 19.6 Å². The number of aliphatic hydroxyl groups is 1. The number of hydrogen-bond donors (Lipinski definition) is 1. The minimum Gasteiger partial charge on any atom is -0.468 e. The van der Waals surface area contributed by atoms with E-state index in [0.717, 1.165) is 38.5 Å². The maximum atomic E-state index is 12.4. The fourth-order valence-corrected chi connectivity index (χ4v) is 5.08. The lowest BCUT2D eigenvalue weighted by atomic mass is 9.89. The Kier molecular flexibility index (Phi) is 5.04. The third-order valence-electron chi connectivity index (χ3n) is 4.41. The lowest BCUT2D eigenvalue weighted by Gasteiger charge is -2.39. The molecule has 1 heterocycles. The highest BCUT2D eigenvalue weighted by atomic mass is 32.2. The highest BCUT2D eigenvalue weighted by Gasteiger charge is 2.42. The first-order valence-corrected chi connectivity index (χ1v) is 8.81. The Hall–Kier alpha value is -0.660. The molecular weight excluding hydrogens is 282 g/mol. The Morgan fingerprint density at radius 3 is 2.60 bits per heavy atom. The van der Waals surface area contributed by atoms with Gasteiger partial charge in [-0.3, -0.25) is 4.79 Å². The molecule has 1 saturated carbocycles. The maximum absolute atomic E-state index is 12.4. The normalized spacial score (nSPS) is 32.2. The van der Waals surface area contributed by atoms with E-state index >= 15 is 0 Å². The molecule has 0 aromatic rings. The van der Waals surface area contributed by atoms with E-state index in [0.29, 0.717) is 6.54 Å². The number of rotatable bonds is 4. The number of carbonyl (C=O) groups is 1. The van der Waals surface area contributed by atoms with Gasteiger partial charge in [0.25, 0.3) is 0 Å². The van der Waals surface area contributed by atoms with Crippen LogP contribution in [0.1, 0.15) is 38.5 Å². The lowest BCUT2D eigenvalue weighted by molar-refractivity contribution is -0.137. The van der Waals surface area contributed by atoms with E-state index in [-0.39, 0.29) is 12.0 Å². The van der Waals surface area contributed by atoms with Crippen LogP contribution < -0.4 is 0 Å². The Balaban J connectivity index is 2.16. The summed E-state index contributed by atoms with van der Waals surface area (Å²) in [6, 6.07) is -0.170. The number of nitrogens with zero attached hydrogens (tertiary/aromatic N) is 1. The van der Waals surface area contributed by atoms with E-state index in [2.05, 4.69) is 4.74 Å². The summed E-state index contributed by atoms with van der Waals surface area (Å²) in [5, 5.41) is 10.0. The van der Waals surface area contributed by atoms with Crippen molar-refractivity contribution in [3.8, 4) is 0 Å². The predicted octanol–water partition coefficient (Wildman–Crippen LogP) is 0.505. The van der Waals surface area contributed by atoms with Gasteiger partial charge in [-0.1, -0.05) is 12.8 Å². The standard InChI is InChI=1S/C13H23NO5S/c1-19-13(16)9-20(17,18)14-8-3-2-6-11(14)10-5-4-7-12(10)15/h10-12,15H,2-9H2,1H3. The van der Waals surface area contributed by atoms with E-state index in [9.17, 15) is 18.3 Å². The molecule has 6 nitrogen and oxygen atoms in total. The Bertz CT molecular complexity index is 450. The quantitative estimate of drug-likeness (QED) is 0.765. The Morgan fingerprint density at radius 1 is 1.25 bits per heavy atom. The molecule has 0 amide bonds. The van der Waals surface area contributed by atoms with Crippen LogP contribution in [0.25, 0.3) is 0 Å². The van der Waals surface area contributed by atoms with Gasteiger partial charge in [-0.2, -0.15) is 4.31 Å². The van der Waals surface area contributed by atoms with Crippen molar-refractivity contribution in [2.24, 2.45) is 5.92 Å². The first-order chi connectivity index (χ1) is 9.45. The molecule has 3 atom stereocenters. The third kappa shape index (κ3) is 3.32. The highest BCUT2D eigenvalue weighted by molar-refractivity contribution is 7.89. The summed E-state index contributed by atoms with van der Waals surface area (Å²) >= 11 is 0. The van der Waals surface area contributed by atoms with Crippen LogP contribution in [-0.4, -0.2) is 55.4 Å². The molecule has 0 aromatic heterocycles. The van der Waals surface area contributed by atoms with Crippen LogP contribution in [0.15, 0.2) is 0 Å². The fourth-order valence-electron chi connectivity index (χ4n) is 3.41. The number of aliphatic hydroxyl groups excluding tert-OH is 1. The topological polar surface area (TPSA) is 83.9 Å². The molecule has 0 bridgehead atoms. The van der Waals surface area contributed by atoms with Crippen LogP contribution in [0.3, 0.4) is 0 Å². The van der Waals surface area contributed by atoms with Gasteiger partial charge in [-0.25, -0.2) is 8.42 Å². The molecule has 2 fully saturated rings. The summed E-state index contributed by atoms with van der Waals surface area (Å²) in [5.74, 6) is -1.34. The fraction of sp³-hybridized carbons (Fsp3) is 0.923. The minimum atomic E-state index is -3.66. The largest absolute Gasteiger partial charge is 0.468 e. The first-order valence-electron chi connectivity index (χ1n) is 7.20. The number of sulfonamides is 1. The van der Waals surface area contributed by atoms with Crippen molar-refractivity contribution in [1.29, 1.82) is 0 Å². The van der Waals surface area contributed by atoms with E-state index in [4.69, 9.17) is 0 Å². The molecule has 116 valence electrons. The van der Waals surface area contributed by atoms with Gasteiger partial charge in [0.15, 0.2) is 5.75 Å². The van der Waals surface area contributed by atoms with E-state index in [1.165, 1.54) is 11.4 Å². The molecular formula is C13H23NO5S. The average Bonchev–Trinajstić information content (AvgIpc) is 2.84. The van der Waals surface area contributed by atoms with Crippen molar-refractivity contribution in [1.82, 2.24) is 4.31 Å². The minimum absolute atomic E-state index is 0.00252. The van der Waals surface area contributed by atoms with Crippen molar-refractivity contribution in [3.05, 3.63) is 0 Å². The SMILES string of the molecule is COC(=O)CS(=O)(=O)N1CCCCC1C1CCCC1O. The van der Waals surface area contributed by atoms with Crippen molar-refractivity contribution in [2.45, 2.75) is 50.7 Å². The molecule has 1 aliphatic heterocycles. The monoisotopic (exact) mass is 305 g/mol. The zero-order valence-electron chi connectivity index (χ0n) is 11.8. The van der Waals surface area contributed by atoms with Gasteiger partial charge >= 0.3 is 5.97 Å².